The van der Waals surface area contributed by atoms with Gasteiger partial charge in [0.1, 0.15) is 0 Å². The van der Waals surface area contributed by atoms with Gasteiger partial charge in [-0.25, -0.2) is 0 Å². The number of rotatable bonds is 3. The number of hydrogen-bond donors (Lipinski definition) is 1. The Balaban J connectivity index is 2.07. The van der Waals surface area contributed by atoms with Crippen molar-refractivity contribution < 1.29 is 0 Å². The highest BCUT2D eigenvalue weighted by molar-refractivity contribution is 9.10. The van der Waals surface area contributed by atoms with E-state index in [1.165, 1.54) is 24.2 Å². The molecule has 2 nitrogen and oxygen atoms in total. The van der Waals surface area contributed by atoms with Crippen molar-refractivity contribution >= 4 is 21.6 Å². The van der Waals surface area contributed by atoms with Crippen LogP contribution >= 0.6 is 15.9 Å². The molecule has 88 valence electrons. The van der Waals surface area contributed by atoms with Crippen LogP contribution < -0.4 is 10.2 Å². The predicted molar refractivity (Wildman–Crippen MR) is 73.1 cm³/mol. The van der Waals surface area contributed by atoms with Gasteiger partial charge in [0.15, 0.2) is 0 Å². The van der Waals surface area contributed by atoms with Gasteiger partial charge in [0, 0.05) is 23.8 Å². The number of nitrogens with one attached hydrogen (secondary N) is 1. The Bertz CT molecular complexity index is 359. The molecule has 1 aliphatic heterocycles. The van der Waals surface area contributed by atoms with E-state index in [0.717, 1.165) is 23.5 Å². The number of aryl methyl sites for hydroxylation is 1. The lowest BCUT2D eigenvalue weighted by Crippen LogP contribution is -2.27. The summed E-state index contributed by atoms with van der Waals surface area (Å²) in [5, 5.41) is 3.42. The molecule has 0 aliphatic carbocycles. The molecule has 0 saturated carbocycles. The van der Waals surface area contributed by atoms with Crippen molar-refractivity contribution in [1.29, 1.82) is 0 Å². The second-order valence-corrected chi connectivity index (χ2v) is 5.59. The molecule has 1 aromatic carbocycles. The van der Waals surface area contributed by atoms with E-state index >= 15 is 0 Å². The maximum Gasteiger partial charge on any atom is 0.0404 e. The van der Waals surface area contributed by atoms with E-state index in [9.17, 15) is 0 Å². The van der Waals surface area contributed by atoms with Crippen LogP contribution in [0.4, 0.5) is 5.69 Å². The molecule has 2 rings (SSSR count). The number of anilines is 1. The fourth-order valence-corrected chi connectivity index (χ4v) is 2.70. The summed E-state index contributed by atoms with van der Waals surface area (Å²) in [6.07, 6.45) is 1.30. The minimum atomic E-state index is 0.795. The topological polar surface area (TPSA) is 15.3 Å². The molecule has 3 heteroatoms. The molecule has 1 saturated heterocycles. The summed E-state index contributed by atoms with van der Waals surface area (Å²) in [5.41, 5.74) is 2.68. The molecule has 1 fully saturated rings. The highest BCUT2D eigenvalue weighted by Gasteiger charge is 2.17. The van der Waals surface area contributed by atoms with Crippen LogP contribution in [0.1, 0.15) is 12.0 Å². The molecule has 1 unspecified atom stereocenters. The highest BCUT2D eigenvalue weighted by Crippen LogP contribution is 2.25. The summed E-state index contributed by atoms with van der Waals surface area (Å²) >= 11 is 3.54. The first kappa shape index (κ1) is 11.9. The van der Waals surface area contributed by atoms with E-state index in [2.05, 4.69) is 58.3 Å². The van der Waals surface area contributed by atoms with E-state index in [4.69, 9.17) is 0 Å². The van der Waals surface area contributed by atoms with E-state index in [1.54, 1.807) is 0 Å². The van der Waals surface area contributed by atoms with E-state index in [0.29, 0.717) is 0 Å². The van der Waals surface area contributed by atoms with Crippen molar-refractivity contribution in [2.75, 3.05) is 31.6 Å². The van der Waals surface area contributed by atoms with Crippen molar-refractivity contribution in [2.24, 2.45) is 5.92 Å². The molecule has 0 aromatic heterocycles. The van der Waals surface area contributed by atoms with Crippen LogP contribution in [-0.4, -0.2) is 26.7 Å². The third kappa shape index (κ3) is 2.77. The number of nitrogens with zero attached hydrogens (tertiary/aromatic N) is 1. The lowest BCUT2D eigenvalue weighted by atomic mass is 10.1. The summed E-state index contributed by atoms with van der Waals surface area (Å²) < 4.78 is 1.16. The van der Waals surface area contributed by atoms with Gasteiger partial charge in [0.05, 0.1) is 0 Å². The largest absolute Gasteiger partial charge is 0.374 e. The predicted octanol–water partition coefficient (Wildman–Crippen LogP) is 2.80. The number of halogens is 1. The monoisotopic (exact) mass is 282 g/mol. The third-order valence-corrected chi connectivity index (χ3v) is 3.77. The summed E-state index contributed by atoms with van der Waals surface area (Å²) in [6, 6.07) is 6.48. The average molecular weight is 283 g/mol. The number of benzene rings is 1. The van der Waals surface area contributed by atoms with Gasteiger partial charge in [0.2, 0.25) is 0 Å². The molecule has 0 amide bonds. The summed E-state index contributed by atoms with van der Waals surface area (Å²) in [6.45, 7) is 5.66. The number of hydrogen-bond acceptors (Lipinski definition) is 2. The Kier molecular flexibility index (Phi) is 3.87. The minimum Gasteiger partial charge on any atom is -0.374 e. The molecular weight excluding hydrogens is 264 g/mol. The SMILES string of the molecule is Cc1ccc(Br)cc1N(C)CC1CCNC1. The van der Waals surface area contributed by atoms with Crippen LogP contribution in [-0.2, 0) is 0 Å². The van der Waals surface area contributed by atoms with Crippen LogP contribution in [0.3, 0.4) is 0 Å². The van der Waals surface area contributed by atoms with Gasteiger partial charge in [-0.05, 0) is 50.0 Å². The second kappa shape index (κ2) is 5.19. The Morgan fingerprint density at radius 1 is 1.50 bits per heavy atom. The van der Waals surface area contributed by atoms with Gasteiger partial charge in [-0.1, -0.05) is 22.0 Å². The van der Waals surface area contributed by atoms with Crippen molar-refractivity contribution in [2.45, 2.75) is 13.3 Å². The Labute approximate surface area is 106 Å². The zero-order chi connectivity index (χ0) is 11.5. The van der Waals surface area contributed by atoms with Crippen LogP contribution in [0.5, 0.6) is 0 Å². The van der Waals surface area contributed by atoms with Gasteiger partial charge in [-0.3, -0.25) is 0 Å². The maximum atomic E-state index is 3.54. The van der Waals surface area contributed by atoms with Crippen LogP contribution in [0, 0.1) is 12.8 Å². The quantitative estimate of drug-likeness (QED) is 0.917. The van der Waals surface area contributed by atoms with E-state index < -0.39 is 0 Å². The summed E-state index contributed by atoms with van der Waals surface area (Å²) in [4.78, 5) is 2.37. The van der Waals surface area contributed by atoms with Crippen molar-refractivity contribution in [3.05, 3.63) is 28.2 Å². The fourth-order valence-electron chi connectivity index (χ4n) is 2.35. The normalized spacial score (nSPS) is 20.1. The zero-order valence-corrected chi connectivity index (χ0v) is 11.5. The van der Waals surface area contributed by atoms with Crippen LogP contribution in [0.2, 0.25) is 0 Å². The molecular formula is C13H19BrN2. The van der Waals surface area contributed by atoms with Gasteiger partial charge in [0.25, 0.3) is 0 Å². The molecule has 1 heterocycles. The molecule has 0 spiro atoms. The first-order chi connectivity index (χ1) is 7.66. The summed E-state index contributed by atoms with van der Waals surface area (Å²) in [7, 11) is 2.19. The molecule has 0 radical (unpaired) electrons. The Morgan fingerprint density at radius 3 is 3.00 bits per heavy atom. The van der Waals surface area contributed by atoms with Crippen molar-refractivity contribution in [1.82, 2.24) is 5.32 Å². The Hall–Kier alpha value is -0.540. The Morgan fingerprint density at radius 2 is 2.31 bits per heavy atom. The molecule has 1 aromatic rings. The third-order valence-electron chi connectivity index (χ3n) is 3.28. The van der Waals surface area contributed by atoms with Crippen LogP contribution in [0.15, 0.2) is 22.7 Å². The van der Waals surface area contributed by atoms with Crippen LogP contribution in [0.25, 0.3) is 0 Å². The zero-order valence-electron chi connectivity index (χ0n) is 9.96. The summed E-state index contributed by atoms with van der Waals surface area (Å²) in [5.74, 6) is 0.795. The van der Waals surface area contributed by atoms with E-state index in [1.807, 2.05) is 0 Å². The molecule has 1 atom stereocenters. The van der Waals surface area contributed by atoms with Gasteiger partial charge in [-0.2, -0.15) is 0 Å². The minimum absolute atomic E-state index is 0.795. The smallest absolute Gasteiger partial charge is 0.0404 e. The first-order valence-electron chi connectivity index (χ1n) is 5.85. The first-order valence-corrected chi connectivity index (χ1v) is 6.64. The van der Waals surface area contributed by atoms with E-state index in [-0.39, 0.29) is 0 Å². The molecule has 1 N–H and O–H groups in total. The van der Waals surface area contributed by atoms with Gasteiger partial charge in [-0.15, -0.1) is 0 Å². The maximum absolute atomic E-state index is 3.54. The lowest BCUT2D eigenvalue weighted by molar-refractivity contribution is 0.578. The van der Waals surface area contributed by atoms with Gasteiger partial charge >= 0.3 is 0 Å². The van der Waals surface area contributed by atoms with Crippen molar-refractivity contribution in [3.63, 3.8) is 0 Å². The van der Waals surface area contributed by atoms with Crippen molar-refractivity contribution in [3.8, 4) is 0 Å². The standard InChI is InChI=1S/C13H19BrN2/c1-10-3-4-12(14)7-13(10)16(2)9-11-5-6-15-8-11/h3-4,7,11,15H,5-6,8-9H2,1-2H3. The average Bonchev–Trinajstić information content (AvgIpc) is 2.74. The molecule has 0 bridgehead atoms. The molecule has 16 heavy (non-hydrogen) atoms. The second-order valence-electron chi connectivity index (χ2n) is 4.67. The van der Waals surface area contributed by atoms with Gasteiger partial charge < -0.3 is 10.2 Å². The lowest BCUT2D eigenvalue weighted by Gasteiger charge is -2.24. The fraction of sp³-hybridized carbons (Fsp3) is 0.538. The molecule has 1 aliphatic rings. The highest BCUT2D eigenvalue weighted by atomic mass is 79.9.